The van der Waals surface area contributed by atoms with Crippen LogP contribution in [0, 0.1) is 0 Å². The SMILES string of the molecule is COOCCCCCC=O. The molecule has 0 spiro atoms. The summed E-state index contributed by atoms with van der Waals surface area (Å²) >= 11 is 0. The maximum atomic E-state index is 9.84. The molecule has 0 rings (SSSR count). The lowest BCUT2D eigenvalue weighted by molar-refractivity contribution is -0.272. The molecule has 0 heterocycles. The largest absolute Gasteiger partial charge is 0.303 e. The molecule has 0 amide bonds. The molecule has 0 radical (unpaired) electrons. The zero-order valence-electron chi connectivity index (χ0n) is 6.34. The first-order valence-electron chi connectivity index (χ1n) is 3.51. The fraction of sp³-hybridized carbons (Fsp3) is 0.857. The summed E-state index contributed by atoms with van der Waals surface area (Å²) in [6.07, 6.45) is 4.55. The molecule has 0 aliphatic rings. The van der Waals surface area contributed by atoms with Crippen LogP contribution in [-0.2, 0) is 14.6 Å². The maximum absolute atomic E-state index is 9.84. The molecule has 0 bridgehead atoms. The number of carbonyl (C=O) groups is 1. The normalized spacial score (nSPS) is 9.70. The molecule has 0 saturated heterocycles. The molecule has 0 aliphatic heterocycles. The van der Waals surface area contributed by atoms with E-state index in [-0.39, 0.29) is 0 Å². The summed E-state index contributed by atoms with van der Waals surface area (Å²) in [7, 11) is 1.49. The number of carbonyl (C=O) groups excluding carboxylic acids is 1. The Hall–Kier alpha value is -0.410. The fourth-order valence-electron chi connectivity index (χ4n) is 0.649. The van der Waals surface area contributed by atoms with Crippen LogP contribution in [0.15, 0.2) is 0 Å². The van der Waals surface area contributed by atoms with Crippen LogP contribution < -0.4 is 0 Å². The van der Waals surface area contributed by atoms with E-state index in [4.69, 9.17) is 0 Å². The zero-order chi connectivity index (χ0) is 7.66. The molecule has 10 heavy (non-hydrogen) atoms. The highest BCUT2D eigenvalue weighted by Gasteiger charge is 1.88. The Morgan fingerprint density at radius 1 is 1.30 bits per heavy atom. The lowest BCUT2D eigenvalue weighted by Crippen LogP contribution is -1.92. The van der Waals surface area contributed by atoms with E-state index >= 15 is 0 Å². The highest BCUT2D eigenvalue weighted by molar-refractivity contribution is 5.48. The van der Waals surface area contributed by atoms with Crippen LogP contribution >= 0.6 is 0 Å². The van der Waals surface area contributed by atoms with Gasteiger partial charge in [-0.3, -0.25) is 0 Å². The predicted octanol–water partition coefficient (Wildman–Crippen LogP) is 1.32. The molecule has 0 atom stereocenters. The summed E-state index contributed by atoms with van der Waals surface area (Å²) in [6, 6.07) is 0. The Morgan fingerprint density at radius 3 is 2.70 bits per heavy atom. The molecule has 3 heteroatoms. The molecule has 0 fully saturated rings. The molecule has 0 N–H and O–H groups in total. The van der Waals surface area contributed by atoms with Gasteiger partial charge in [-0.15, -0.1) is 0 Å². The molecule has 0 aromatic heterocycles. The van der Waals surface area contributed by atoms with Gasteiger partial charge in [0.1, 0.15) is 6.29 Å². The van der Waals surface area contributed by atoms with Gasteiger partial charge < -0.3 is 4.79 Å². The number of hydrogen-bond donors (Lipinski definition) is 0. The molecular formula is C7H14O3. The summed E-state index contributed by atoms with van der Waals surface area (Å²) < 4.78 is 0. The van der Waals surface area contributed by atoms with Gasteiger partial charge in [-0.1, -0.05) is 6.42 Å². The molecule has 0 aliphatic carbocycles. The number of rotatable bonds is 7. The average Bonchev–Trinajstić information content (AvgIpc) is 1.97. The summed E-state index contributed by atoms with van der Waals surface area (Å²) in [4.78, 5) is 18.8. The van der Waals surface area contributed by atoms with E-state index in [0.717, 1.165) is 25.5 Å². The van der Waals surface area contributed by atoms with Crippen molar-refractivity contribution in [2.75, 3.05) is 13.7 Å². The van der Waals surface area contributed by atoms with Crippen molar-refractivity contribution in [1.82, 2.24) is 0 Å². The number of hydrogen-bond acceptors (Lipinski definition) is 3. The van der Waals surface area contributed by atoms with Gasteiger partial charge >= 0.3 is 0 Å². The Labute approximate surface area is 61.2 Å². The van der Waals surface area contributed by atoms with Gasteiger partial charge in [0.15, 0.2) is 0 Å². The first kappa shape index (κ1) is 9.59. The van der Waals surface area contributed by atoms with Crippen molar-refractivity contribution in [2.24, 2.45) is 0 Å². The van der Waals surface area contributed by atoms with Crippen LogP contribution in [0.25, 0.3) is 0 Å². The first-order chi connectivity index (χ1) is 4.91. The lowest BCUT2D eigenvalue weighted by Gasteiger charge is -1.97. The highest BCUT2D eigenvalue weighted by atomic mass is 17.2. The molecule has 60 valence electrons. The average molecular weight is 146 g/mol. The predicted molar refractivity (Wildman–Crippen MR) is 37.5 cm³/mol. The second-order valence-corrected chi connectivity index (χ2v) is 2.00. The van der Waals surface area contributed by atoms with Crippen LogP contribution in [0.2, 0.25) is 0 Å². The van der Waals surface area contributed by atoms with E-state index in [1.54, 1.807) is 0 Å². The third-order valence-electron chi connectivity index (χ3n) is 1.17. The third-order valence-corrected chi connectivity index (χ3v) is 1.17. The van der Waals surface area contributed by atoms with Crippen molar-refractivity contribution in [1.29, 1.82) is 0 Å². The number of aldehydes is 1. The quantitative estimate of drug-likeness (QED) is 0.235. The molecule has 0 unspecified atom stereocenters. The van der Waals surface area contributed by atoms with E-state index in [2.05, 4.69) is 9.78 Å². The minimum absolute atomic E-state index is 0.620. The topological polar surface area (TPSA) is 35.5 Å². The Balaban J connectivity index is 2.70. The first-order valence-corrected chi connectivity index (χ1v) is 3.51. The van der Waals surface area contributed by atoms with Crippen molar-refractivity contribution >= 4 is 6.29 Å². The second-order valence-electron chi connectivity index (χ2n) is 2.00. The minimum atomic E-state index is 0.620. The van der Waals surface area contributed by atoms with E-state index in [0.29, 0.717) is 13.0 Å². The van der Waals surface area contributed by atoms with E-state index in [9.17, 15) is 4.79 Å². The summed E-state index contributed by atoms with van der Waals surface area (Å²) in [5.41, 5.74) is 0. The van der Waals surface area contributed by atoms with Crippen LogP contribution in [0.1, 0.15) is 25.7 Å². The van der Waals surface area contributed by atoms with Crippen molar-refractivity contribution in [3.8, 4) is 0 Å². The van der Waals surface area contributed by atoms with Crippen molar-refractivity contribution < 1.29 is 14.6 Å². The van der Waals surface area contributed by atoms with Gasteiger partial charge in [0.25, 0.3) is 0 Å². The van der Waals surface area contributed by atoms with E-state index in [1.165, 1.54) is 7.11 Å². The maximum Gasteiger partial charge on any atom is 0.119 e. The van der Waals surface area contributed by atoms with Crippen LogP contribution in [0.4, 0.5) is 0 Å². The molecule has 3 nitrogen and oxygen atoms in total. The summed E-state index contributed by atoms with van der Waals surface area (Å²) in [5.74, 6) is 0. The Bertz CT molecular complexity index is 73.3. The standard InChI is InChI=1S/C7H14O3/c1-9-10-7-5-3-2-4-6-8/h6H,2-5,7H2,1H3. The van der Waals surface area contributed by atoms with Crippen molar-refractivity contribution in [2.45, 2.75) is 25.7 Å². The third kappa shape index (κ3) is 7.59. The van der Waals surface area contributed by atoms with Gasteiger partial charge in [0.05, 0.1) is 13.7 Å². The van der Waals surface area contributed by atoms with Gasteiger partial charge in [-0.25, -0.2) is 9.78 Å². The lowest BCUT2D eigenvalue weighted by atomic mass is 10.2. The van der Waals surface area contributed by atoms with Gasteiger partial charge in [0.2, 0.25) is 0 Å². The smallest absolute Gasteiger partial charge is 0.119 e. The molecular weight excluding hydrogens is 132 g/mol. The molecule has 0 aromatic rings. The minimum Gasteiger partial charge on any atom is -0.303 e. The van der Waals surface area contributed by atoms with E-state index < -0.39 is 0 Å². The number of unbranched alkanes of at least 4 members (excludes halogenated alkanes) is 3. The van der Waals surface area contributed by atoms with Crippen molar-refractivity contribution in [3.63, 3.8) is 0 Å². The van der Waals surface area contributed by atoms with Gasteiger partial charge in [-0.2, -0.15) is 0 Å². The zero-order valence-corrected chi connectivity index (χ0v) is 6.34. The van der Waals surface area contributed by atoms with Crippen LogP contribution in [0.5, 0.6) is 0 Å². The summed E-state index contributed by atoms with van der Waals surface area (Å²) in [5, 5.41) is 0. The monoisotopic (exact) mass is 146 g/mol. The molecule has 0 saturated carbocycles. The molecule has 0 aromatic carbocycles. The Kier molecular flexibility index (Phi) is 8.24. The second kappa shape index (κ2) is 8.59. The Morgan fingerprint density at radius 2 is 2.10 bits per heavy atom. The van der Waals surface area contributed by atoms with Gasteiger partial charge in [-0.05, 0) is 12.8 Å². The fourth-order valence-corrected chi connectivity index (χ4v) is 0.649. The van der Waals surface area contributed by atoms with Crippen molar-refractivity contribution in [3.05, 3.63) is 0 Å². The van der Waals surface area contributed by atoms with Gasteiger partial charge in [0, 0.05) is 6.42 Å². The summed E-state index contributed by atoms with van der Waals surface area (Å²) in [6.45, 7) is 0.620. The van der Waals surface area contributed by atoms with Crippen LogP contribution in [-0.4, -0.2) is 20.0 Å². The van der Waals surface area contributed by atoms with Crippen LogP contribution in [0.3, 0.4) is 0 Å². The van der Waals surface area contributed by atoms with E-state index in [1.807, 2.05) is 0 Å². The highest BCUT2D eigenvalue weighted by Crippen LogP contribution is 1.97.